The van der Waals surface area contributed by atoms with E-state index in [1.807, 2.05) is 17.5 Å². The van der Waals surface area contributed by atoms with Crippen LogP contribution in [-0.2, 0) is 6.18 Å². The van der Waals surface area contributed by atoms with Crippen molar-refractivity contribution in [2.45, 2.75) is 20.0 Å². The lowest BCUT2D eigenvalue weighted by atomic mass is 9.89. The Hall–Kier alpha value is -1.33. The Balaban J connectivity index is 2.53. The van der Waals surface area contributed by atoms with Crippen LogP contribution in [0.15, 0.2) is 40.2 Å². The third-order valence-electron chi connectivity index (χ3n) is 3.88. The molecule has 0 radical (unpaired) electrons. The van der Waals surface area contributed by atoms with Crippen LogP contribution in [-0.4, -0.2) is 0 Å². The fourth-order valence-corrected chi connectivity index (χ4v) is 4.03. The fraction of sp³-hybridized carbons (Fsp3) is 0.176. The van der Waals surface area contributed by atoms with Crippen LogP contribution < -0.4 is 0 Å². The molecule has 0 spiro atoms. The predicted molar refractivity (Wildman–Crippen MR) is 89.4 cm³/mol. The van der Waals surface area contributed by atoms with Crippen LogP contribution in [0, 0.1) is 13.8 Å². The first-order valence-corrected chi connectivity index (χ1v) is 8.31. The summed E-state index contributed by atoms with van der Waals surface area (Å²) >= 11 is 4.91. The van der Waals surface area contributed by atoms with E-state index >= 15 is 0 Å². The molecular weight excluding hydrogens is 373 g/mol. The Morgan fingerprint density at radius 3 is 2.32 bits per heavy atom. The molecule has 2 aromatic carbocycles. The summed E-state index contributed by atoms with van der Waals surface area (Å²) in [6.07, 6.45) is -4.37. The van der Waals surface area contributed by atoms with Gasteiger partial charge in [0.15, 0.2) is 0 Å². The second kappa shape index (κ2) is 5.39. The van der Waals surface area contributed by atoms with Crippen LogP contribution in [0.2, 0.25) is 0 Å². The van der Waals surface area contributed by atoms with Gasteiger partial charge in [-0.15, -0.1) is 11.3 Å². The first kappa shape index (κ1) is 15.6. The topological polar surface area (TPSA) is 0 Å². The number of rotatable bonds is 1. The second-order valence-electron chi connectivity index (χ2n) is 5.16. The molecule has 114 valence electrons. The molecule has 5 heteroatoms. The summed E-state index contributed by atoms with van der Waals surface area (Å²) < 4.78 is 41.3. The van der Waals surface area contributed by atoms with Crippen molar-refractivity contribution in [1.29, 1.82) is 0 Å². The Morgan fingerprint density at radius 2 is 1.73 bits per heavy atom. The van der Waals surface area contributed by atoms with E-state index in [0.29, 0.717) is 16.5 Å². The van der Waals surface area contributed by atoms with Crippen molar-refractivity contribution in [2.75, 3.05) is 0 Å². The highest BCUT2D eigenvalue weighted by Gasteiger charge is 2.36. The highest BCUT2D eigenvalue weighted by molar-refractivity contribution is 9.10. The first-order chi connectivity index (χ1) is 10.3. The minimum atomic E-state index is -4.37. The van der Waals surface area contributed by atoms with Gasteiger partial charge in [-0.05, 0) is 59.3 Å². The first-order valence-electron chi connectivity index (χ1n) is 6.64. The van der Waals surface area contributed by atoms with Gasteiger partial charge in [0, 0.05) is 14.9 Å². The van der Waals surface area contributed by atoms with E-state index in [1.54, 1.807) is 32.0 Å². The highest BCUT2D eigenvalue weighted by Crippen LogP contribution is 2.45. The third-order valence-corrected chi connectivity index (χ3v) is 5.26. The van der Waals surface area contributed by atoms with Gasteiger partial charge in [0.2, 0.25) is 0 Å². The number of hydrogen-bond acceptors (Lipinski definition) is 1. The molecule has 0 aliphatic heterocycles. The van der Waals surface area contributed by atoms with Gasteiger partial charge in [-0.3, -0.25) is 0 Å². The molecule has 0 unspecified atom stereocenters. The van der Waals surface area contributed by atoms with E-state index in [2.05, 4.69) is 15.9 Å². The van der Waals surface area contributed by atoms with Crippen LogP contribution >= 0.6 is 27.3 Å². The molecule has 0 fully saturated rings. The van der Waals surface area contributed by atoms with Crippen molar-refractivity contribution in [1.82, 2.24) is 0 Å². The largest absolute Gasteiger partial charge is 0.417 e. The van der Waals surface area contributed by atoms with Gasteiger partial charge in [0.05, 0.1) is 5.56 Å². The summed E-state index contributed by atoms with van der Waals surface area (Å²) in [5.41, 5.74) is 1.33. The molecule has 1 heterocycles. The van der Waals surface area contributed by atoms with E-state index < -0.39 is 11.7 Å². The van der Waals surface area contributed by atoms with E-state index in [9.17, 15) is 13.2 Å². The minimum Gasteiger partial charge on any atom is -0.166 e. The summed E-state index contributed by atoms with van der Waals surface area (Å²) in [6.45, 7) is 3.32. The summed E-state index contributed by atoms with van der Waals surface area (Å²) in [5, 5.41) is 2.82. The second-order valence-corrected chi connectivity index (χ2v) is 7.03. The summed E-state index contributed by atoms with van der Waals surface area (Å²) in [4.78, 5) is 0.984. The summed E-state index contributed by atoms with van der Waals surface area (Å²) in [6, 6.07) is 8.83. The Kier molecular flexibility index (Phi) is 3.81. The van der Waals surface area contributed by atoms with Gasteiger partial charge in [-0.2, -0.15) is 13.2 Å². The molecule has 0 aliphatic carbocycles. The molecule has 0 saturated heterocycles. The minimum absolute atomic E-state index is 0.252. The molecule has 1 aromatic heterocycles. The molecule has 3 aromatic rings. The van der Waals surface area contributed by atoms with Crippen molar-refractivity contribution in [3.05, 3.63) is 56.9 Å². The van der Waals surface area contributed by atoms with E-state index in [1.165, 1.54) is 11.3 Å². The molecule has 0 amide bonds. The Bertz CT molecular complexity index is 849. The van der Waals surface area contributed by atoms with Gasteiger partial charge >= 0.3 is 6.18 Å². The zero-order valence-corrected chi connectivity index (χ0v) is 14.3. The zero-order chi connectivity index (χ0) is 16.1. The lowest BCUT2D eigenvalue weighted by Gasteiger charge is -2.20. The van der Waals surface area contributed by atoms with Gasteiger partial charge in [-0.25, -0.2) is 0 Å². The monoisotopic (exact) mass is 384 g/mol. The quantitative estimate of drug-likeness (QED) is 0.425. The van der Waals surface area contributed by atoms with Crippen LogP contribution in [0.4, 0.5) is 13.2 Å². The smallest absolute Gasteiger partial charge is 0.166 e. The van der Waals surface area contributed by atoms with Crippen molar-refractivity contribution in [3.63, 3.8) is 0 Å². The summed E-state index contributed by atoms with van der Waals surface area (Å²) in [5.74, 6) is 0. The maximum Gasteiger partial charge on any atom is 0.417 e. The number of thiophene rings is 1. The lowest BCUT2D eigenvalue weighted by Crippen LogP contribution is -2.10. The molecule has 0 bridgehead atoms. The van der Waals surface area contributed by atoms with Crippen molar-refractivity contribution < 1.29 is 13.2 Å². The fourth-order valence-electron chi connectivity index (χ4n) is 2.82. The van der Waals surface area contributed by atoms with E-state index in [-0.39, 0.29) is 5.39 Å². The molecule has 0 atom stereocenters. The van der Waals surface area contributed by atoms with Crippen LogP contribution in [0.25, 0.3) is 21.2 Å². The lowest BCUT2D eigenvalue weighted by molar-refractivity contribution is -0.136. The number of hydrogen-bond donors (Lipinski definition) is 0. The average Bonchev–Trinajstić information content (AvgIpc) is 2.93. The number of alkyl halides is 3. The van der Waals surface area contributed by atoms with Gasteiger partial charge in [-0.1, -0.05) is 28.1 Å². The zero-order valence-electron chi connectivity index (χ0n) is 11.9. The van der Waals surface area contributed by atoms with Crippen molar-refractivity contribution >= 4 is 38.0 Å². The van der Waals surface area contributed by atoms with Crippen LogP contribution in [0.1, 0.15) is 16.7 Å². The van der Waals surface area contributed by atoms with Crippen LogP contribution in [0.5, 0.6) is 0 Å². The molecule has 3 rings (SSSR count). The van der Waals surface area contributed by atoms with Gasteiger partial charge in [0.25, 0.3) is 0 Å². The molecule has 0 saturated carbocycles. The molecule has 0 nitrogen and oxygen atoms in total. The predicted octanol–water partition coefficient (Wildman–Crippen LogP) is 6.97. The standard InChI is InChI=1S/C17H12BrF3S/c1-9-10(2)16(17(19,20)21)12-6-5-11(18)8-13(12)15(9)14-4-3-7-22-14/h3-8H,1-2H3. The van der Waals surface area contributed by atoms with Gasteiger partial charge in [0.1, 0.15) is 0 Å². The maximum atomic E-state index is 13.5. The van der Waals surface area contributed by atoms with Gasteiger partial charge < -0.3 is 0 Å². The van der Waals surface area contributed by atoms with Crippen LogP contribution in [0.3, 0.4) is 0 Å². The molecule has 0 N–H and O–H groups in total. The molecule has 0 aliphatic rings. The summed E-state index contributed by atoms with van der Waals surface area (Å²) in [7, 11) is 0. The molecular formula is C17H12BrF3S. The maximum absolute atomic E-state index is 13.5. The number of benzene rings is 2. The van der Waals surface area contributed by atoms with E-state index in [0.717, 1.165) is 14.9 Å². The number of halogens is 4. The third kappa shape index (κ3) is 2.46. The van der Waals surface area contributed by atoms with Crippen molar-refractivity contribution in [3.8, 4) is 10.4 Å². The highest BCUT2D eigenvalue weighted by atomic mass is 79.9. The van der Waals surface area contributed by atoms with Crippen molar-refractivity contribution in [2.24, 2.45) is 0 Å². The average molecular weight is 385 g/mol. The SMILES string of the molecule is Cc1c(C)c(C(F)(F)F)c2ccc(Br)cc2c1-c1cccs1. The van der Waals surface area contributed by atoms with E-state index in [4.69, 9.17) is 0 Å². The molecule has 22 heavy (non-hydrogen) atoms. The Morgan fingerprint density at radius 1 is 1.00 bits per heavy atom. The normalized spacial score (nSPS) is 12.1. The number of fused-ring (bicyclic) bond motifs is 1. The Labute approximate surface area is 138 Å².